The highest BCUT2D eigenvalue weighted by Crippen LogP contribution is 2.05. The molecule has 0 radical (unpaired) electrons. The first-order valence-corrected chi connectivity index (χ1v) is 4.67. The molecule has 0 fully saturated rings. The van der Waals surface area contributed by atoms with Crippen LogP contribution in [0.15, 0.2) is 18.2 Å². The van der Waals surface area contributed by atoms with Crippen LogP contribution in [0.25, 0.3) is 0 Å². The Balaban J connectivity index is 2.46. The number of ether oxygens (including phenoxy) is 1. The van der Waals surface area contributed by atoms with E-state index in [4.69, 9.17) is 4.74 Å². The summed E-state index contributed by atoms with van der Waals surface area (Å²) >= 11 is 0. The van der Waals surface area contributed by atoms with E-state index >= 15 is 0 Å². The van der Waals surface area contributed by atoms with Crippen molar-refractivity contribution in [3.8, 4) is 5.88 Å². The van der Waals surface area contributed by atoms with Crippen molar-refractivity contribution in [1.82, 2.24) is 15.6 Å². The lowest BCUT2D eigenvalue weighted by Crippen LogP contribution is -2.31. The molecule has 5 nitrogen and oxygen atoms in total. The Kier molecular flexibility index (Phi) is 4.56. The molecule has 15 heavy (non-hydrogen) atoms. The van der Waals surface area contributed by atoms with Gasteiger partial charge in [-0.25, -0.2) is 4.98 Å². The molecule has 0 aromatic carbocycles. The molecule has 2 N–H and O–H groups in total. The van der Waals surface area contributed by atoms with Crippen molar-refractivity contribution in [3.05, 3.63) is 23.9 Å². The predicted molar refractivity (Wildman–Crippen MR) is 56.6 cm³/mol. The quantitative estimate of drug-likeness (QED) is 0.712. The van der Waals surface area contributed by atoms with E-state index in [-0.39, 0.29) is 5.91 Å². The molecule has 5 heteroatoms. The molecule has 0 aliphatic rings. The maximum Gasteiger partial charge on any atom is 0.234 e. The number of nitrogens with zero attached hydrogens (tertiary/aromatic N) is 1. The fourth-order valence-electron chi connectivity index (χ4n) is 1.08. The molecular weight excluding hydrogens is 194 g/mol. The van der Waals surface area contributed by atoms with Crippen molar-refractivity contribution in [2.45, 2.75) is 6.54 Å². The van der Waals surface area contributed by atoms with Gasteiger partial charge in [0.25, 0.3) is 0 Å². The SMILES string of the molecule is CNCC(=O)NCc1cccc(OC)n1. The zero-order chi connectivity index (χ0) is 11.1. The smallest absolute Gasteiger partial charge is 0.234 e. The van der Waals surface area contributed by atoms with Crippen LogP contribution in [-0.4, -0.2) is 31.6 Å². The van der Waals surface area contributed by atoms with Crippen molar-refractivity contribution in [3.63, 3.8) is 0 Å². The number of carbonyl (C=O) groups excluding carboxylic acids is 1. The Morgan fingerprint density at radius 2 is 2.33 bits per heavy atom. The van der Waals surface area contributed by atoms with Gasteiger partial charge >= 0.3 is 0 Å². The van der Waals surface area contributed by atoms with Gasteiger partial charge in [-0.05, 0) is 13.1 Å². The van der Waals surface area contributed by atoms with E-state index in [1.807, 2.05) is 12.1 Å². The van der Waals surface area contributed by atoms with Crippen LogP contribution in [0.5, 0.6) is 5.88 Å². The van der Waals surface area contributed by atoms with E-state index in [1.54, 1.807) is 20.2 Å². The summed E-state index contributed by atoms with van der Waals surface area (Å²) in [6.45, 7) is 0.724. The van der Waals surface area contributed by atoms with Gasteiger partial charge in [-0.1, -0.05) is 6.07 Å². The van der Waals surface area contributed by atoms with Crippen molar-refractivity contribution in [2.75, 3.05) is 20.7 Å². The number of hydrogen-bond donors (Lipinski definition) is 2. The zero-order valence-corrected chi connectivity index (χ0v) is 8.91. The lowest BCUT2D eigenvalue weighted by atomic mass is 10.3. The highest BCUT2D eigenvalue weighted by Gasteiger charge is 2.00. The van der Waals surface area contributed by atoms with E-state index in [2.05, 4.69) is 15.6 Å². The number of carbonyl (C=O) groups is 1. The van der Waals surface area contributed by atoms with Gasteiger partial charge in [-0.3, -0.25) is 4.79 Å². The van der Waals surface area contributed by atoms with Gasteiger partial charge in [0.2, 0.25) is 11.8 Å². The molecule has 0 bridgehead atoms. The number of nitrogens with one attached hydrogen (secondary N) is 2. The minimum Gasteiger partial charge on any atom is -0.481 e. The second-order valence-corrected chi connectivity index (χ2v) is 2.98. The van der Waals surface area contributed by atoms with Gasteiger partial charge in [0.1, 0.15) is 0 Å². The maximum atomic E-state index is 11.1. The van der Waals surface area contributed by atoms with E-state index in [0.717, 1.165) is 5.69 Å². The topological polar surface area (TPSA) is 63.2 Å². The number of likely N-dealkylation sites (N-methyl/N-ethyl adjacent to an activating group) is 1. The average Bonchev–Trinajstić information content (AvgIpc) is 2.27. The van der Waals surface area contributed by atoms with Gasteiger partial charge in [-0.15, -0.1) is 0 Å². The Bertz CT molecular complexity index is 328. The highest BCUT2D eigenvalue weighted by atomic mass is 16.5. The number of pyridine rings is 1. The fraction of sp³-hybridized carbons (Fsp3) is 0.400. The normalized spacial score (nSPS) is 9.73. The highest BCUT2D eigenvalue weighted by molar-refractivity contribution is 5.77. The zero-order valence-electron chi connectivity index (χ0n) is 8.91. The van der Waals surface area contributed by atoms with Gasteiger partial charge in [0, 0.05) is 6.07 Å². The second-order valence-electron chi connectivity index (χ2n) is 2.98. The van der Waals surface area contributed by atoms with Crippen molar-refractivity contribution < 1.29 is 9.53 Å². The first-order chi connectivity index (χ1) is 7.26. The molecule has 0 saturated carbocycles. The van der Waals surface area contributed by atoms with Crippen LogP contribution in [0.2, 0.25) is 0 Å². The largest absolute Gasteiger partial charge is 0.481 e. The van der Waals surface area contributed by atoms with Crippen LogP contribution >= 0.6 is 0 Å². The van der Waals surface area contributed by atoms with Crippen molar-refractivity contribution >= 4 is 5.91 Å². The van der Waals surface area contributed by atoms with Crippen molar-refractivity contribution in [2.24, 2.45) is 0 Å². The Hall–Kier alpha value is -1.62. The third kappa shape index (κ3) is 3.95. The number of hydrogen-bond acceptors (Lipinski definition) is 4. The van der Waals surface area contributed by atoms with E-state index in [1.165, 1.54) is 0 Å². The molecule has 1 amide bonds. The first kappa shape index (κ1) is 11.5. The van der Waals surface area contributed by atoms with E-state index < -0.39 is 0 Å². The molecule has 0 aliphatic carbocycles. The monoisotopic (exact) mass is 209 g/mol. The summed E-state index contributed by atoms with van der Waals surface area (Å²) in [6, 6.07) is 5.44. The third-order valence-corrected chi connectivity index (χ3v) is 1.79. The minimum absolute atomic E-state index is 0.0536. The van der Waals surface area contributed by atoms with Crippen LogP contribution in [0.3, 0.4) is 0 Å². The number of rotatable bonds is 5. The molecular formula is C10H15N3O2. The summed E-state index contributed by atoms with van der Waals surface area (Å²) in [4.78, 5) is 15.3. The second kappa shape index (κ2) is 5.98. The molecule has 1 heterocycles. The third-order valence-electron chi connectivity index (χ3n) is 1.79. The summed E-state index contributed by atoms with van der Waals surface area (Å²) in [5.41, 5.74) is 0.777. The average molecular weight is 209 g/mol. The fourth-order valence-corrected chi connectivity index (χ4v) is 1.08. The van der Waals surface area contributed by atoms with Gasteiger partial charge in [-0.2, -0.15) is 0 Å². The Morgan fingerprint density at radius 3 is 3.00 bits per heavy atom. The molecule has 0 spiro atoms. The van der Waals surface area contributed by atoms with Crippen LogP contribution < -0.4 is 15.4 Å². The Morgan fingerprint density at radius 1 is 1.53 bits per heavy atom. The van der Waals surface area contributed by atoms with Crippen molar-refractivity contribution in [1.29, 1.82) is 0 Å². The van der Waals surface area contributed by atoms with Crippen LogP contribution in [0, 0.1) is 0 Å². The molecule has 1 aromatic rings. The summed E-state index contributed by atoms with van der Waals surface area (Å²) in [5, 5.41) is 5.50. The van der Waals surface area contributed by atoms with Gasteiger partial charge < -0.3 is 15.4 Å². The molecule has 1 aromatic heterocycles. The Labute approximate surface area is 88.9 Å². The summed E-state index contributed by atoms with van der Waals surface area (Å²) in [7, 11) is 3.29. The van der Waals surface area contributed by atoms with E-state index in [9.17, 15) is 4.79 Å². The molecule has 0 unspecified atom stereocenters. The lowest BCUT2D eigenvalue weighted by molar-refractivity contribution is -0.120. The summed E-state index contributed by atoms with van der Waals surface area (Å²) in [5.74, 6) is 0.498. The van der Waals surface area contributed by atoms with Gasteiger partial charge in [0.15, 0.2) is 0 Å². The first-order valence-electron chi connectivity index (χ1n) is 4.67. The molecule has 0 aliphatic heterocycles. The standard InChI is InChI=1S/C10H15N3O2/c1-11-7-9(14)12-6-8-4-3-5-10(13-8)15-2/h3-5,11H,6-7H2,1-2H3,(H,12,14). The van der Waals surface area contributed by atoms with Gasteiger partial charge in [0.05, 0.1) is 25.9 Å². The number of aromatic nitrogens is 1. The predicted octanol–water partition coefficient (Wildman–Crippen LogP) is -0.0742. The maximum absolute atomic E-state index is 11.1. The summed E-state index contributed by atoms with van der Waals surface area (Å²) in [6.07, 6.45) is 0. The molecule has 1 rings (SSSR count). The summed E-state index contributed by atoms with van der Waals surface area (Å²) < 4.78 is 4.97. The minimum atomic E-state index is -0.0536. The lowest BCUT2D eigenvalue weighted by Gasteiger charge is -2.05. The molecule has 0 atom stereocenters. The van der Waals surface area contributed by atoms with E-state index in [0.29, 0.717) is 19.0 Å². The van der Waals surface area contributed by atoms with Crippen LogP contribution in [0.4, 0.5) is 0 Å². The molecule has 82 valence electrons. The van der Waals surface area contributed by atoms with Crippen LogP contribution in [0.1, 0.15) is 5.69 Å². The van der Waals surface area contributed by atoms with Crippen LogP contribution in [-0.2, 0) is 11.3 Å². The number of amides is 1. The molecule has 0 saturated heterocycles. The number of methoxy groups -OCH3 is 1.